The Kier molecular flexibility index (Phi) is 3.62. The van der Waals surface area contributed by atoms with Gasteiger partial charge >= 0.3 is 5.97 Å². The number of phenols is 1. The van der Waals surface area contributed by atoms with Crippen molar-refractivity contribution in [2.45, 2.75) is 0 Å². The highest BCUT2D eigenvalue weighted by atomic mass is 16.4. The van der Waals surface area contributed by atoms with Crippen LogP contribution in [-0.2, 0) is 0 Å². The molecule has 0 radical (unpaired) electrons. The minimum Gasteiger partial charge on any atom is -0.507 e. The van der Waals surface area contributed by atoms with Crippen molar-refractivity contribution in [3.8, 4) is 5.75 Å². The van der Waals surface area contributed by atoms with Crippen LogP contribution in [0, 0.1) is 0 Å². The van der Waals surface area contributed by atoms with Crippen LogP contribution in [-0.4, -0.2) is 16.2 Å². The first-order chi connectivity index (χ1) is 10.6. The molecule has 0 unspecified atom stereocenters. The molecule has 3 aromatic carbocycles. The lowest BCUT2D eigenvalue weighted by Crippen LogP contribution is -1.99. The lowest BCUT2D eigenvalue weighted by molar-refractivity contribution is 0.0693. The maximum absolute atomic E-state index is 11.2. The van der Waals surface area contributed by atoms with E-state index in [4.69, 9.17) is 0 Å². The maximum atomic E-state index is 11.2. The summed E-state index contributed by atoms with van der Waals surface area (Å²) < 4.78 is 0. The largest absolute Gasteiger partial charge is 0.507 e. The summed E-state index contributed by atoms with van der Waals surface area (Å²) in [6, 6.07) is 18.7. The summed E-state index contributed by atoms with van der Waals surface area (Å²) in [5.74, 6) is -1.37. The van der Waals surface area contributed by atoms with Crippen LogP contribution in [0.25, 0.3) is 22.9 Å². The van der Waals surface area contributed by atoms with Gasteiger partial charge in [0.25, 0.3) is 0 Å². The highest BCUT2D eigenvalue weighted by Crippen LogP contribution is 2.23. The minimum absolute atomic E-state index is 0.0838. The van der Waals surface area contributed by atoms with Crippen LogP contribution in [0.3, 0.4) is 0 Å². The molecule has 3 rings (SSSR count). The molecule has 0 atom stereocenters. The molecule has 0 fully saturated rings. The summed E-state index contributed by atoms with van der Waals surface area (Å²) in [7, 11) is 0. The number of carbonyl (C=O) groups is 1. The fourth-order valence-electron chi connectivity index (χ4n) is 2.43. The van der Waals surface area contributed by atoms with Gasteiger partial charge in [-0.15, -0.1) is 0 Å². The summed E-state index contributed by atoms with van der Waals surface area (Å²) in [5, 5.41) is 21.2. The Morgan fingerprint density at radius 3 is 2.41 bits per heavy atom. The van der Waals surface area contributed by atoms with E-state index in [0.29, 0.717) is 5.56 Å². The third-order valence-electron chi connectivity index (χ3n) is 3.52. The first kappa shape index (κ1) is 13.9. The number of hydrogen-bond acceptors (Lipinski definition) is 2. The molecule has 0 spiro atoms. The molecule has 3 aromatic rings. The molecule has 108 valence electrons. The van der Waals surface area contributed by atoms with Crippen LogP contribution < -0.4 is 0 Å². The van der Waals surface area contributed by atoms with Gasteiger partial charge in [0.05, 0.1) is 0 Å². The standard InChI is InChI=1S/C19H14O3/c20-17-7-3-6-15(18(17)19(21)22)11-9-13-8-10-14-4-1-2-5-16(14)12-13/h1-12,20H,(H,21,22)/b11-9+. The van der Waals surface area contributed by atoms with Crippen LogP contribution in [0.4, 0.5) is 0 Å². The number of aromatic hydroxyl groups is 1. The van der Waals surface area contributed by atoms with Gasteiger partial charge in [-0.1, -0.05) is 60.7 Å². The van der Waals surface area contributed by atoms with Gasteiger partial charge in [-0.2, -0.15) is 0 Å². The van der Waals surface area contributed by atoms with E-state index in [-0.39, 0.29) is 11.3 Å². The predicted molar refractivity (Wildman–Crippen MR) is 87.9 cm³/mol. The first-order valence-electron chi connectivity index (χ1n) is 6.87. The first-order valence-corrected chi connectivity index (χ1v) is 6.87. The Hall–Kier alpha value is -3.07. The molecule has 3 nitrogen and oxygen atoms in total. The number of carboxylic acids is 1. The van der Waals surface area contributed by atoms with Crippen LogP contribution in [0.1, 0.15) is 21.5 Å². The fourth-order valence-corrected chi connectivity index (χ4v) is 2.43. The second-order valence-electron chi connectivity index (χ2n) is 4.99. The SMILES string of the molecule is O=C(O)c1c(O)cccc1/C=C/c1ccc2ccccc2c1. The Morgan fingerprint density at radius 1 is 0.864 bits per heavy atom. The van der Waals surface area contributed by atoms with Gasteiger partial charge in [0.1, 0.15) is 11.3 Å². The van der Waals surface area contributed by atoms with Gasteiger partial charge in [-0.3, -0.25) is 0 Å². The summed E-state index contributed by atoms with van der Waals surface area (Å²) in [6.45, 7) is 0. The number of benzene rings is 3. The van der Waals surface area contributed by atoms with Gasteiger partial charge < -0.3 is 10.2 Å². The molecule has 3 heteroatoms. The fraction of sp³-hybridized carbons (Fsp3) is 0. The van der Waals surface area contributed by atoms with E-state index in [1.165, 1.54) is 6.07 Å². The lowest BCUT2D eigenvalue weighted by atomic mass is 10.0. The zero-order chi connectivity index (χ0) is 15.5. The Morgan fingerprint density at radius 2 is 1.64 bits per heavy atom. The van der Waals surface area contributed by atoms with Crippen molar-refractivity contribution in [2.24, 2.45) is 0 Å². The third-order valence-corrected chi connectivity index (χ3v) is 3.52. The van der Waals surface area contributed by atoms with Gasteiger partial charge in [0, 0.05) is 0 Å². The van der Waals surface area contributed by atoms with E-state index in [0.717, 1.165) is 16.3 Å². The Balaban J connectivity index is 1.99. The molecule has 0 saturated heterocycles. The molecule has 0 aromatic heterocycles. The van der Waals surface area contributed by atoms with E-state index in [9.17, 15) is 15.0 Å². The lowest BCUT2D eigenvalue weighted by Gasteiger charge is -2.04. The van der Waals surface area contributed by atoms with E-state index in [2.05, 4.69) is 0 Å². The van der Waals surface area contributed by atoms with E-state index >= 15 is 0 Å². The highest BCUT2D eigenvalue weighted by molar-refractivity contribution is 5.96. The molecule has 0 aliphatic rings. The van der Waals surface area contributed by atoms with Gasteiger partial charge in [0.2, 0.25) is 0 Å². The van der Waals surface area contributed by atoms with Crippen molar-refractivity contribution in [3.05, 3.63) is 77.4 Å². The van der Waals surface area contributed by atoms with Crippen molar-refractivity contribution in [2.75, 3.05) is 0 Å². The molecule has 0 aliphatic carbocycles. The third kappa shape index (κ3) is 2.69. The average Bonchev–Trinajstić information content (AvgIpc) is 2.52. The summed E-state index contributed by atoms with van der Waals surface area (Å²) in [6.07, 6.45) is 3.54. The van der Waals surface area contributed by atoms with E-state index in [1.54, 1.807) is 18.2 Å². The molecular formula is C19H14O3. The van der Waals surface area contributed by atoms with Crippen LogP contribution in [0.15, 0.2) is 60.7 Å². The van der Waals surface area contributed by atoms with Crippen molar-refractivity contribution in [3.63, 3.8) is 0 Å². The molecule has 2 N–H and O–H groups in total. The predicted octanol–water partition coefficient (Wildman–Crippen LogP) is 4.41. The highest BCUT2D eigenvalue weighted by Gasteiger charge is 2.12. The molecule has 0 bridgehead atoms. The van der Waals surface area contributed by atoms with E-state index < -0.39 is 5.97 Å². The summed E-state index contributed by atoms with van der Waals surface area (Å²) in [5.41, 5.74) is 1.36. The smallest absolute Gasteiger partial charge is 0.340 e. The van der Waals surface area contributed by atoms with Gasteiger partial charge in [-0.05, 0) is 34.0 Å². The number of aromatic carboxylic acids is 1. The zero-order valence-corrected chi connectivity index (χ0v) is 11.7. The van der Waals surface area contributed by atoms with Crippen LogP contribution in [0.5, 0.6) is 5.75 Å². The summed E-state index contributed by atoms with van der Waals surface area (Å²) >= 11 is 0. The second-order valence-corrected chi connectivity index (χ2v) is 4.99. The number of carboxylic acid groups (broad SMARTS) is 1. The quantitative estimate of drug-likeness (QED) is 0.702. The topological polar surface area (TPSA) is 57.5 Å². The molecule has 0 aliphatic heterocycles. The molecule has 22 heavy (non-hydrogen) atoms. The molecular weight excluding hydrogens is 276 g/mol. The maximum Gasteiger partial charge on any atom is 0.340 e. The van der Waals surface area contributed by atoms with Crippen LogP contribution >= 0.6 is 0 Å². The second kappa shape index (κ2) is 5.74. The van der Waals surface area contributed by atoms with Crippen molar-refractivity contribution >= 4 is 28.9 Å². The molecule has 0 heterocycles. The van der Waals surface area contributed by atoms with Crippen molar-refractivity contribution in [1.82, 2.24) is 0 Å². The van der Waals surface area contributed by atoms with Crippen molar-refractivity contribution < 1.29 is 15.0 Å². The Bertz CT molecular complexity index is 879. The Labute approximate surface area is 127 Å². The van der Waals surface area contributed by atoms with Gasteiger partial charge in [0.15, 0.2) is 0 Å². The van der Waals surface area contributed by atoms with E-state index in [1.807, 2.05) is 48.5 Å². The molecule has 0 amide bonds. The molecule has 0 saturated carbocycles. The number of fused-ring (bicyclic) bond motifs is 1. The zero-order valence-electron chi connectivity index (χ0n) is 11.7. The van der Waals surface area contributed by atoms with Crippen molar-refractivity contribution in [1.29, 1.82) is 0 Å². The minimum atomic E-state index is -1.14. The average molecular weight is 290 g/mol. The normalized spacial score (nSPS) is 11.1. The van der Waals surface area contributed by atoms with Gasteiger partial charge in [-0.25, -0.2) is 4.79 Å². The van der Waals surface area contributed by atoms with Crippen LogP contribution in [0.2, 0.25) is 0 Å². The number of rotatable bonds is 3. The monoisotopic (exact) mass is 290 g/mol. The number of hydrogen-bond donors (Lipinski definition) is 2. The summed E-state index contributed by atoms with van der Waals surface area (Å²) in [4.78, 5) is 11.2.